The van der Waals surface area contributed by atoms with Crippen LogP contribution in [-0.4, -0.2) is 46.0 Å². The molecule has 0 saturated carbocycles. The molecule has 2 atom stereocenters. The van der Waals surface area contributed by atoms with Crippen LogP contribution >= 0.6 is 0 Å². The molecule has 0 saturated heterocycles. The molecule has 0 fully saturated rings. The lowest BCUT2D eigenvalue weighted by Gasteiger charge is -2.26. The second kappa shape index (κ2) is 10.00. The van der Waals surface area contributed by atoms with E-state index in [9.17, 15) is 0 Å². The number of pyridine rings is 1. The molecule has 2 heterocycles. The van der Waals surface area contributed by atoms with Crippen molar-refractivity contribution in [2.24, 2.45) is 11.0 Å². The lowest BCUT2D eigenvalue weighted by atomic mass is 9.91. The topological polar surface area (TPSA) is 44.2 Å². The molecule has 6 nitrogen and oxygen atoms in total. The SMILES string of the molecule is COc1cccc(N2N=C(C=Cc3ccc(N(C)C)cc3)C(C)C2c2ccc(N(C)C)cc2)n1. The molecule has 176 valence electrons. The van der Waals surface area contributed by atoms with Gasteiger partial charge in [-0.05, 0) is 47.5 Å². The van der Waals surface area contributed by atoms with Crippen LogP contribution < -0.4 is 19.5 Å². The Morgan fingerprint density at radius 3 is 2.03 bits per heavy atom. The van der Waals surface area contributed by atoms with Gasteiger partial charge in [0, 0.05) is 51.5 Å². The Bertz CT molecular complexity index is 1170. The summed E-state index contributed by atoms with van der Waals surface area (Å²) >= 11 is 0. The lowest BCUT2D eigenvalue weighted by Crippen LogP contribution is -2.24. The fourth-order valence-corrected chi connectivity index (χ4v) is 4.14. The minimum Gasteiger partial charge on any atom is -0.481 e. The van der Waals surface area contributed by atoms with Crippen LogP contribution in [0.1, 0.15) is 24.1 Å². The van der Waals surface area contributed by atoms with Crippen LogP contribution in [0.25, 0.3) is 6.08 Å². The van der Waals surface area contributed by atoms with E-state index in [0.29, 0.717) is 5.88 Å². The number of rotatable bonds is 7. The number of aromatic nitrogens is 1. The van der Waals surface area contributed by atoms with E-state index in [1.54, 1.807) is 7.11 Å². The predicted octanol–water partition coefficient (Wildman–Crippen LogP) is 5.49. The van der Waals surface area contributed by atoms with Crippen LogP contribution in [0.3, 0.4) is 0 Å². The lowest BCUT2D eigenvalue weighted by molar-refractivity contribution is 0.397. The van der Waals surface area contributed by atoms with Gasteiger partial charge in [0.05, 0.1) is 18.9 Å². The van der Waals surface area contributed by atoms with Crippen LogP contribution in [0, 0.1) is 5.92 Å². The highest BCUT2D eigenvalue weighted by atomic mass is 16.5. The number of nitrogens with zero attached hydrogens (tertiary/aromatic N) is 5. The summed E-state index contributed by atoms with van der Waals surface area (Å²) in [4.78, 5) is 8.87. The Morgan fingerprint density at radius 1 is 0.824 bits per heavy atom. The van der Waals surface area contributed by atoms with Gasteiger partial charge in [-0.25, -0.2) is 5.01 Å². The maximum atomic E-state index is 5.37. The van der Waals surface area contributed by atoms with Crippen LogP contribution in [0.4, 0.5) is 17.2 Å². The van der Waals surface area contributed by atoms with Gasteiger partial charge in [-0.2, -0.15) is 10.1 Å². The maximum absolute atomic E-state index is 5.37. The summed E-state index contributed by atoms with van der Waals surface area (Å²) < 4.78 is 5.37. The number of anilines is 3. The third-order valence-electron chi connectivity index (χ3n) is 6.19. The summed E-state index contributed by atoms with van der Waals surface area (Å²) in [6, 6.07) is 23.0. The molecule has 0 spiro atoms. The number of methoxy groups -OCH3 is 1. The molecule has 0 radical (unpaired) electrons. The molecule has 1 aliphatic rings. The monoisotopic (exact) mass is 455 g/mol. The van der Waals surface area contributed by atoms with Crippen molar-refractivity contribution in [2.45, 2.75) is 13.0 Å². The molecule has 0 amide bonds. The van der Waals surface area contributed by atoms with E-state index in [4.69, 9.17) is 9.84 Å². The Kier molecular flexibility index (Phi) is 6.87. The standard InChI is InChI=1S/C28H33N5O/c1-20-25(19-12-21-10-15-23(16-11-21)31(2)3)30-33(26-8-7-9-27(29-26)34-6)28(20)22-13-17-24(18-14-22)32(4)5/h7-20,28H,1-6H3. The fraction of sp³-hybridized carbons (Fsp3) is 0.286. The van der Waals surface area contributed by atoms with Crippen molar-refractivity contribution in [3.8, 4) is 5.88 Å². The number of hydrazone groups is 1. The molecule has 4 rings (SSSR count). The zero-order valence-corrected chi connectivity index (χ0v) is 20.8. The van der Waals surface area contributed by atoms with Gasteiger partial charge in [-0.3, -0.25) is 0 Å². The molecule has 6 heteroatoms. The van der Waals surface area contributed by atoms with Gasteiger partial charge >= 0.3 is 0 Å². The summed E-state index contributed by atoms with van der Waals surface area (Å²) in [5, 5.41) is 7.04. The first kappa shape index (κ1) is 23.4. The largest absolute Gasteiger partial charge is 0.481 e. The number of allylic oxidation sites excluding steroid dienone is 1. The highest BCUT2D eigenvalue weighted by molar-refractivity contribution is 6.02. The number of benzene rings is 2. The molecule has 0 N–H and O–H groups in total. The second-order valence-corrected chi connectivity index (χ2v) is 8.95. The Labute approximate surface area is 202 Å². The van der Waals surface area contributed by atoms with Crippen molar-refractivity contribution in [3.05, 3.63) is 83.9 Å². The van der Waals surface area contributed by atoms with Crippen molar-refractivity contribution >= 4 is 29.0 Å². The highest BCUT2D eigenvalue weighted by Gasteiger charge is 2.36. The summed E-state index contributed by atoms with van der Waals surface area (Å²) in [5.41, 5.74) is 5.71. The predicted molar refractivity (Wildman–Crippen MR) is 143 cm³/mol. The second-order valence-electron chi connectivity index (χ2n) is 8.95. The summed E-state index contributed by atoms with van der Waals surface area (Å²) in [6.07, 6.45) is 4.25. The van der Waals surface area contributed by atoms with Crippen molar-refractivity contribution in [1.29, 1.82) is 0 Å². The van der Waals surface area contributed by atoms with Gasteiger partial charge in [0.2, 0.25) is 5.88 Å². The van der Waals surface area contributed by atoms with Crippen LogP contribution in [-0.2, 0) is 0 Å². The first-order valence-corrected chi connectivity index (χ1v) is 11.5. The first-order chi connectivity index (χ1) is 16.4. The molecule has 3 aromatic rings. The first-order valence-electron chi connectivity index (χ1n) is 11.5. The third kappa shape index (κ3) is 4.91. The average molecular weight is 456 g/mol. The Hall–Kier alpha value is -3.80. The van der Waals surface area contributed by atoms with E-state index in [2.05, 4.69) is 96.5 Å². The number of hydrogen-bond acceptors (Lipinski definition) is 6. The van der Waals surface area contributed by atoms with Crippen molar-refractivity contribution < 1.29 is 4.74 Å². The molecule has 34 heavy (non-hydrogen) atoms. The zero-order chi connectivity index (χ0) is 24.2. The highest BCUT2D eigenvalue weighted by Crippen LogP contribution is 2.39. The molecule has 0 aliphatic carbocycles. The minimum absolute atomic E-state index is 0.0339. The van der Waals surface area contributed by atoms with E-state index in [1.807, 2.05) is 37.3 Å². The van der Waals surface area contributed by atoms with Gasteiger partial charge in [-0.1, -0.05) is 43.3 Å². The fourth-order valence-electron chi connectivity index (χ4n) is 4.14. The van der Waals surface area contributed by atoms with E-state index in [1.165, 1.54) is 16.9 Å². The zero-order valence-electron chi connectivity index (χ0n) is 20.8. The van der Waals surface area contributed by atoms with Crippen molar-refractivity contribution in [1.82, 2.24) is 4.98 Å². The van der Waals surface area contributed by atoms with Crippen molar-refractivity contribution in [3.63, 3.8) is 0 Å². The molecule has 2 unspecified atom stereocenters. The summed E-state index contributed by atoms with van der Waals surface area (Å²) in [7, 11) is 9.83. The van der Waals surface area contributed by atoms with Gasteiger partial charge < -0.3 is 14.5 Å². The molecular formula is C28H33N5O. The van der Waals surface area contributed by atoms with E-state index in [0.717, 1.165) is 17.1 Å². The van der Waals surface area contributed by atoms with Gasteiger partial charge in [0.1, 0.15) is 0 Å². The van der Waals surface area contributed by atoms with Gasteiger partial charge in [-0.15, -0.1) is 0 Å². The summed E-state index contributed by atoms with van der Waals surface area (Å²) in [6.45, 7) is 2.23. The summed E-state index contributed by atoms with van der Waals surface area (Å²) in [5.74, 6) is 1.52. The third-order valence-corrected chi connectivity index (χ3v) is 6.19. The molecule has 0 bridgehead atoms. The maximum Gasteiger partial charge on any atom is 0.214 e. The molecule has 1 aliphatic heterocycles. The molecule has 2 aromatic carbocycles. The average Bonchev–Trinajstić information content (AvgIpc) is 3.19. The Balaban J connectivity index is 1.68. The van der Waals surface area contributed by atoms with Gasteiger partial charge in [0.25, 0.3) is 0 Å². The van der Waals surface area contributed by atoms with Crippen LogP contribution in [0.15, 0.2) is 77.9 Å². The quantitative estimate of drug-likeness (QED) is 0.471. The normalized spacial score (nSPS) is 17.7. The van der Waals surface area contributed by atoms with E-state index >= 15 is 0 Å². The van der Waals surface area contributed by atoms with E-state index < -0.39 is 0 Å². The molecular weight excluding hydrogens is 422 g/mol. The van der Waals surface area contributed by atoms with Gasteiger partial charge in [0.15, 0.2) is 5.82 Å². The van der Waals surface area contributed by atoms with Crippen LogP contribution in [0.5, 0.6) is 5.88 Å². The number of ether oxygens (including phenoxy) is 1. The van der Waals surface area contributed by atoms with Crippen molar-refractivity contribution in [2.75, 3.05) is 50.1 Å². The van der Waals surface area contributed by atoms with E-state index in [-0.39, 0.29) is 12.0 Å². The molecule has 1 aromatic heterocycles. The minimum atomic E-state index is 0.0339. The number of hydrogen-bond donors (Lipinski definition) is 0. The van der Waals surface area contributed by atoms with Crippen LogP contribution in [0.2, 0.25) is 0 Å². The smallest absolute Gasteiger partial charge is 0.214 e. The Morgan fingerprint density at radius 2 is 1.44 bits per heavy atom.